The molecule has 0 spiro atoms. The Morgan fingerprint density at radius 2 is 1.79 bits per heavy atom. The van der Waals surface area contributed by atoms with Crippen LogP contribution in [0.1, 0.15) is 48.0 Å². The van der Waals surface area contributed by atoms with Gasteiger partial charge in [0, 0.05) is 25.5 Å². The molecule has 1 aliphatic carbocycles. The molecule has 260 valence electrons. The van der Waals surface area contributed by atoms with Crippen molar-refractivity contribution in [2.24, 2.45) is 11.1 Å². The van der Waals surface area contributed by atoms with Crippen LogP contribution in [0.4, 0.5) is 4.79 Å². The number of carbonyl (C=O) groups excluding carboxylic acids is 2. The number of hydrogen-bond acceptors (Lipinski definition) is 10. The highest BCUT2D eigenvalue weighted by atomic mass is 32.2. The van der Waals surface area contributed by atoms with Gasteiger partial charge in [-0.05, 0) is 62.3 Å². The third-order valence-electron chi connectivity index (χ3n) is 8.35. The van der Waals surface area contributed by atoms with Gasteiger partial charge < -0.3 is 31.0 Å². The lowest BCUT2D eigenvalue weighted by molar-refractivity contribution is -0.127. The predicted octanol–water partition coefficient (Wildman–Crippen LogP) is 2.73. The summed E-state index contributed by atoms with van der Waals surface area (Å²) in [5.74, 6) is -0.597. The first kappa shape index (κ1) is 36.9. The smallest absolute Gasteiger partial charge is 0.318 e. The van der Waals surface area contributed by atoms with Gasteiger partial charge in [0.05, 0.1) is 46.6 Å². The van der Waals surface area contributed by atoms with Crippen LogP contribution in [0.25, 0.3) is 0 Å². The Morgan fingerprint density at radius 1 is 1.10 bits per heavy atom. The van der Waals surface area contributed by atoms with Gasteiger partial charge in [0.25, 0.3) is 0 Å². The molecule has 3 aromatic rings. The van der Waals surface area contributed by atoms with Crippen LogP contribution in [0, 0.1) is 12.8 Å². The van der Waals surface area contributed by atoms with Crippen LogP contribution in [-0.4, -0.2) is 101 Å². The highest BCUT2D eigenvalue weighted by molar-refractivity contribution is 7.89. The van der Waals surface area contributed by atoms with Crippen LogP contribution in [0.2, 0.25) is 0 Å². The molecule has 0 radical (unpaired) electrons. The van der Waals surface area contributed by atoms with E-state index in [2.05, 4.69) is 20.8 Å². The molecule has 0 saturated heterocycles. The lowest BCUT2D eigenvalue weighted by Crippen LogP contribution is -2.59. The van der Waals surface area contributed by atoms with Gasteiger partial charge in [-0.1, -0.05) is 54.0 Å². The largest absolute Gasteiger partial charge is 0.411 e. The van der Waals surface area contributed by atoms with Crippen LogP contribution < -0.4 is 10.6 Å². The number of rotatable bonds is 16. The third-order valence-corrected chi connectivity index (χ3v) is 11.0. The van der Waals surface area contributed by atoms with Gasteiger partial charge in [0.1, 0.15) is 6.04 Å². The molecule has 1 aromatic heterocycles. The van der Waals surface area contributed by atoms with Crippen molar-refractivity contribution < 1.29 is 33.4 Å². The van der Waals surface area contributed by atoms with Gasteiger partial charge in [-0.2, -0.15) is 4.31 Å². The number of urea groups is 1. The summed E-state index contributed by atoms with van der Waals surface area (Å²) in [6.45, 7) is 3.32. The number of aliphatic hydroxyl groups is 2. The van der Waals surface area contributed by atoms with Crippen LogP contribution in [0.15, 0.2) is 70.0 Å². The van der Waals surface area contributed by atoms with Crippen molar-refractivity contribution in [3.05, 3.63) is 81.8 Å². The molecule has 48 heavy (non-hydrogen) atoms. The summed E-state index contributed by atoms with van der Waals surface area (Å²) >= 11 is 1.45. The topological polar surface area (TPSA) is 185 Å². The molecule has 5 N–H and O–H groups in total. The van der Waals surface area contributed by atoms with Crippen molar-refractivity contribution in [1.82, 2.24) is 24.8 Å². The van der Waals surface area contributed by atoms with Crippen molar-refractivity contribution in [3.8, 4) is 0 Å². The summed E-state index contributed by atoms with van der Waals surface area (Å²) in [5.41, 5.74) is 1.99. The quantitative estimate of drug-likeness (QED) is 0.0858. The Hall–Kier alpha value is -3.89. The minimum Gasteiger partial charge on any atom is -0.411 e. The van der Waals surface area contributed by atoms with Gasteiger partial charge in [-0.15, -0.1) is 11.3 Å². The number of aliphatic hydroxyl groups excluding tert-OH is 2. The lowest BCUT2D eigenvalue weighted by atomic mass is 9.85. The first-order valence-electron chi connectivity index (χ1n) is 15.8. The molecule has 0 bridgehead atoms. The highest BCUT2D eigenvalue weighted by Crippen LogP contribution is 2.30. The second-order valence-corrected chi connectivity index (χ2v) is 15.2. The SMILES string of the molecule is Cc1nc(CN(C)C(=O)N[C@@H](C(=O)N[C@@H](Cc2ccccc2)C(O)CN(CC2CCC2)S(=O)(=O)c2ccc(/C=N/O)cc2)[C@H](C)O)cs1. The maximum absolute atomic E-state index is 13.9. The lowest BCUT2D eigenvalue weighted by Gasteiger charge is -2.35. The van der Waals surface area contributed by atoms with E-state index in [0.717, 1.165) is 29.8 Å². The Morgan fingerprint density at radius 3 is 2.35 bits per heavy atom. The number of amides is 3. The molecule has 4 atom stereocenters. The monoisotopic (exact) mass is 700 g/mol. The third kappa shape index (κ3) is 10.1. The molecule has 1 heterocycles. The van der Waals surface area contributed by atoms with E-state index in [1.165, 1.54) is 57.9 Å². The van der Waals surface area contributed by atoms with Gasteiger partial charge >= 0.3 is 6.03 Å². The van der Waals surface area contributed by atoms with Crippen LogP contribution in [-0.2, 0) is 27.8 Å². The second-order valence-electron chi connectivity index (χ2n) is 12.2. The fourth-order valence-electron chi connectivity index (χ4n) is 5.38. The van der Waals surface area contributed by atoms with Crippen LogP contribution >= 0.6 is 11.3 Å². The zero-order valence-electron chi connectivity index (χ0n) is 27.3. The molecule has 4 rings (SSSR count). The number of nitrogens with one attached hydrogen (secondary N) is 2. The van der Waals surface area contributed by atoms with Crippen LogP contribution in [0.5, 0.6) is 0 Å². The fourth-order valence-corrected chi connectivity index (χ4v) is 7.52. The van der Waals surface area contributed by atoms with E-state index in [1.54, 1.807) is 7.05 Å². The molecule has 15 heteroatoms. The number of sulfonamides is 1. The van der Waals surface area contributed by atoms with E-state index in [0.29, 0.717) is 11.3 Å². The number of nitrogens with zero attached hydrogens (tertiary/aromatic N) is 4. The van der Waals surface area contributed by atoms with Gasteiger partial charge in [0.2, 0.25) is 15.9 Å². The highest BCUT2D eigenvalue weighted by Gasteiger charge is 2.35. The van der Waals surface area contributed by atoms with Gasteiger partial charge in [-0.25, -0.2) is 18.2 Å². The Labute approximate surface area is 285 Å². The van der Waals surface area contributed by atoms with Gasteiger partial charge in [0.15, 0.2) is 0 Å². The summed E-state index contributed by atoms with van der Waals surface area (Å²) < 4.78 is 29.0. The molecule has 1 aliphatic rings. The molecule has 1 fully saturated rings. The maximum atomic E-state index is 13.9. The van der Waals surface area contributed by atoms with Gasteiger partial charge in [-0.3, -0.25) is 4.79 Å². The summed E-state index contributed by atoms with van der Waals surface area (Å²) in [6, 6.07) is 12.0. The second kappa shape index (κ2) is 17.0. The number of hydrogen-bond donors (Lipinski definition) is 5. The van der Waals surface area contributed by atoms with E-state index < -0.39 is 46.3 Å². The zero-order chi connectivity index (χ0) is 34.8. The van der Waals surface area contributed by atoms with E-state index in [-0.39, 0.29) is 36.9 Å². The van der Waals surface area contributed by atoms with E-state index in [4.69, 9.17) is 5.21 Å². The first-order chi connectivity index (χ1) is 22.9. The van der Waals surface area contributed by atoms with E-state index in [1.807, 2.05) is 42.6 Å². The summed E-state index contributed by atoms with van der Waals surface area (Å²) in [5, 5.41) is 42.0. The van der Waals surface area contributed by atoms with Crippen molar-refractivity contribution in [1.29, 1.82) is 0 Å². The number of oxime groups is 1. The maximum Gasteiger partial charge on any atom is 0.318 e. The first-order valence-corrected chi connectivity index (χ1v) is 18.1. The molecular weight excluding hydrogens is 657 g/mol. The standard InChI is InChI=1S/C33H44N6O7S2/c1-22(40)31(37-33(43)38(3)19-27-21-47-23(2)35-27)32(42)36-29(16-24-8-5-4-6-9-24)30(41)20-39(18-26-10-7-11-26)48(45,46)28-14-12-25(13-15-28)17-34-44/h4-6,8-9,12-15,17,21-22,26,29-31,40-41,44H,7,10-11,16,18-20H2,1-3H3,(H,36,42)(H,37,43)/b34-17+/t22-,29-,30?,31+/m0/s1. The predicted molar refractivity (Wildman–Crippen MR) is 182 cm³/mol. The molecule has 3 amide bonds. The number of carbonyl (C=O) groups is 2. The average molecular weight is 701 g/mol. The summed E-state index contributed by atoms with van der Waals surface area (Å²) in [6.07, 6.45) is 1.43. The summed E-state index contributed by atoms with van der Waals surface area (Å²) in [4.78, 5) is 32.4. The normalized spacial score (nSPS) is 16.2. The molecule has 1 unspecified atom stereocenters. The number of aryl methyl sites for hydroxylation is 1. The average Bonchev–Trinajstić information content (AvgIpc) is 3.44. The zero-order valence-corrected chi connectivity index (χ0v) is 28.9. The van der Waals surface area contributed by atoms with Crippen molar-refractivity contribution in [3.63, 3.8) is 0 Å². The van der Waals surface area contributed by atoms with Crippen molar-refractivity contribution in [2.45, 2.75) is 75.3 Å². The molecule has 2 aromatic carbocycles. The van der Waals surface area contributed by atoms with Crippen LogP contribution in [0.3, 0.4) is 0 Å². The van der Waals surface area contributed by atoms with E-state index >= 15 is 0 Å². The number of aromatic nitrogens is 1. The minimum atomic E-state index is -4.07. The summed E-state index contributed by atoms with van der Waals surface area (Å²) in [7, 11) is -2.52. The number of thiazole rings is 1. The van der Waals surface area contributed by atoms with Crippen molar-refractivity contribution in [2.75, 3.05) is 20.1 Å². The molecule has 1 saturated carbocycles. The minimum absolute atomic E-state index is 0.0153. The Balaban J connectivity index is 1.54. The molecule has 13 nitrogen and oxygen atoms in total. The fraction of sp³-hybridized carbons (Fsp3) is 0.455. The number of benzene rings is 2. The Bertz CT molecular complexity index is 1630. The Kier molecular flexibility index (Phi) is 13.1. The van der Waals surface area contributed by atoms with Crippen molar-refractivity contribution >= 4 is 39.5 Å². The molecular formula is C33H44N6O7S2. The molecule has 0 aliphatic heterocycles. The van der Waals surface area contributed by atoms with E-state index in [9.17, 15) is 28.2 Å².